The molecule has 1 aliphatic heterocycles. The number of amides is 2. The van der Waals surface area contributed by atoms with Gasteiger partial charge in [0.25, 0.3) is 0 Å². The average molecular weight is 627 g/mol. The molecule has 1 aromatic heterocycles. The first-order valence-electron chi connectivity index (χ1n) is 13.1. The third kappa shape index (κ3) is 9.42. The van der Waals surface area contributed by atoms with Crippen LogP contribution in [0.4, 0.5) is 4.79 Å². The molecule has 2 amide bonds. The van der Waals surface area contributed by atoms with Crippen LogP contribution < -0.4 is 11.1 Å². The number of benzene rings is 1. The van der Waals surface area contributed by atoms with Crippen molar-refractivity contribution in [2.45, 2.75) is 71.0 Å². The molecule has 1 aromatic carbocycles. The molecule has 0 radical (unpaired) electrons. The van der Waals surface area contributed by atoms with Gasteiger partial charge < -0.3 is 25.4 Å². The Hall–Kier alpha value is -2.68. The number of likely N-dealkylation sites (tertiary alicyclic amines) is 1. The summed E-state index contributed by atoms with van der Waals surface area (Å²) in [4.78, 5) is 45.7. The fourth-order valence-electron chi connectivity index (χ4n) is 4.27. The summed E-state index contributed by atoms with van der Waals surface area (Å²) in [5.41, 5.74) is 10.4. The lowest BCUT2D eigenvalue weighted by molar-refractivity contribution is -0.141. The lowest BCUT2D eigenvalue weighted by atomic mass is 9.86. The van der Waals surface area contributed by atoms with E-state index in [-0.39, 0.29) is 32.0 Å². The topological polar surface area (TPSA) is 158 Å². The van der Waals surface area contributed by atoms with Crippen LogP contribution in [0.3, 0.4) is 0 Å². The molecule has 41 heavy (non-hydrogen) atoms. The van der Waals surface area contributed by atoms with Gasteiger partial charge in [0, 0.05) is 19.2 Å². The molecule has 11 nitrogen and oxygen atoms in total. The number of rotatable bonds is 10. The van der Waals surface area contributed by atoms with Crippen LogP contribution >= 0.6 is 22.1 Å². The number of aromatic nitrogens is 1. The maximum Gasteiger partial charge on any atom is 0.508 e. The number of carbonyl (C=O) groups excluding carboxylic acids is 3. The number of aryl methyl sites for hydroxylation is 1. The molecule has 0 saturated carbocycles. The first-order valence-corrected chi connectivity index (χ1v) is 17.3. The van der Waals surface area contributed by atoms with Crippen molar-refractivity contribution in [1.82, 2.24) is 15.2 Å². The van der Waals surface area contributed by atoms with Crippen LogP contribution in [0.2, 0.25) is 0 Å². The van der Waals surface area contributed by atoms with Crippen molar-refractivity contribution in [1.29, 1.82) is 0 Å². The van der Waals surface area contributed by atoms with Crippen LogP contribution in [0.15, 0.2) is 29.8 Å². The molecule has 2 heterocycles. The smallest absolute Gasteiger partial charge is 0.433 e. The van der Waals surface area contributed by atoms with E-state index in [1.165, 1.54) is 4.90 Å². The standard InChI is InChI=1S/C27H38N4O7S3/c1-16(40-41(6,35)36)14-37-26(34)38-20-11-21(31(13-20)25(33)23(28)27(3,4)5)24(32)29-12-18-7-9-19(10-8-18)22-17(2)30-15-39-22/h7-10,15-16,20-21,23H,11-14,28H2,1-6H3,(H,29,32)/t16-,20-,21+,23-/m1/s1. The summed E-state index contributed by atoms with van der Waals surface area (Å²) in [5, 5.41) is 2.39. The number of hydrogen-bond acceptors (Lipinski definition) is 11. The van der Waals surface area contributed by atoms with Crippen LogP contribution in [-0.2, 0) is 34.5 Å². The molecule has 1 saturated heterocycles. The first kappa shape index (κ1) is 32.8. The fraction of sp³-hybridized carbons (Fsp3) is 0.556. The van der Waals surface area contributed by atoms with Crippen molar-refractivity contribution in [3.63, 3.8) is 0 Å². The SMILES string of the molecule is Cc1ncsc1-c1ccc(CNC(=O)[C@@H]2C[C@@H](OC(=O)OC[C@@H](C)SS(C)(=O)=O)CN2C(=O)[C@@H](N)C(C)(C)C)cc1. The molecule has 2 aromatic rings. The van der Waals surface area contributed by atoms with E-state index in [4.69, 9.17) is 15.2 Å². The molecule has 0 aliphatic carbocycles. The second-order valence-electron chi connectivity index (χ2n) is 11.2. The molecule has 226 valence electrons. The number of nitrogens with zero attached hydrogens (tertiary/aromatic N) is 2. The Labute approximate surface area is 248 Å². The number of ether oxygens (including phenoxy) is 2. The third-order valence-corrected chi connectivity index (χ3v) is 10.3. The second-order valence-corrected chi connectivity index (χ2v) is 16.8. The Morgan fingerprint density at radius 1 is 1.24 bits per heavy atom. The van der Waals surface area contributed by atoms with E-state index in [1.54, 1.807) is 23.8 Å². The summed E-state index contributed by atoms with van der Waals surface area (Å²) in [7, 11) is -2.63. The minimum Gasteiger partial charge on any atom is -0.433 e. The van der Waals surface area contributed by atoms with Crippen LogP contribution in [0.25, 0.3) is 10.4 Å². The van der Waals surface area contributed by atoms with Gasteiger partial charge in [0.05, 0.1) is 33.9 Å². The first-order chi connectivity index (χ1) is 19.0. The summed E-state index contributed by atoms with van der Waals surface area (Å²) in [6, 6.07) is 6.02. The molecular weight excluding hydrogens is 589 g/mol. The van der Waals surface area contributed by atoms with Crippen molar-refractivity contribution in [3.05, 3.63) is 41.0 Å². The van der Waals surface area contributed by atoms with E-state index in [1.807, 2.05) is 52.0 Å². The van der Waals surface area contributed by atoms with Crippen LogP contribution in [-0.4, -0.2) is 79.1 Å². The molecule has 0 unspecified atom stereocenters. The van der Waals surface area contributed by atoms with Gasteiger partial charge in [-0.05, 0) is 41.2 Å². The summed E-state index contributed by atoms with van der Waals surface area (Å²) in [6.07, 6.45) is -0.654. The van der Waals surface area contributed by atoms with E-state index in [2.05, 4.69) is 10.3 Å². The van der Waals surface area contributed by atoms with Gasteiger partial charge in [0.1, 0.15) is 18.8 Å². The maximum atomic E-state index is 13.3. The zero-order valence-corrected chi connectivity index (χ0v) is 26.5. The van der Waals surface area contributed by atoms with Crippen molar-refractivity contribution in [3.8, 4) is 10.4 Å². The zero-order valence-electron chi connectivity index (χ0n) is 24.1. The maximum absolute atomic E-state index is 13.3. The van der Waals surface area contributed by atoms with E-state index >= 15 is 0 Å². The van der Waals surface area contributed by atoms with Gasteiger partial charge in [0.2, 0.25) is 11.8 Å². The number of hydrogen-bond donors (Lipinski definition) is 2. The molecule has 1 fully saturated rings. The number of nitrogens with two attached hydrogens (primary N) is 1. The van der Waals surface area contributed by atoms with Gasteiger partial charge in [-0.1, -0.05) is 45.0 Å². The van der Waals surface area contributed by atoms with Crippen LogP contribution in [0.5, 0.6) is 0 Å². The Bertz CT molecular complexity index is 1340. The number of nitrogens with one attached hydrogen (secondary N) is 1. The normalized spacial score (nSPS) is 19.0. The molecule has 4 atom stereocenters. The van der Waals surface area contributed by atoms with E-state index in [0.29, 0.717) is 10.8 Å². The van der Waals surface area contributed by atoms with Gasteiger partial charge >= 0.3 is 6.16 Å². The number of carbonyl (C=O) groups is 3. The number of thiazole rings is 1. The van der Waals surface area contributed by atoms with Gasteiger partial charge in [-0.2, -0.15) is 0 Å². The van der Waals surface area contributed by atoms with Crippen molar-refractivity contribution >= 4 is 49.0 Å². The predicted octanol–water partition coefficient (Wildman–Crippen LogP) is 3.31. The lowest BCUT2D eigenvalue weighted by Crippen LogP contribution is -2.54. The predicted molar refractivity (Wildman–Crippen MR) is 160 cm³/mol. The van der Waals surface area contributed by atoms with Crippen LogP contribution in [0, 0.1) is 12.3 Å². The highest BCUT2D eigenvalue weighted by molar-refractivity contribution is 8.72. The summed E-state index contributed by atoms with van der Waals surface area (Å²) in [5.74, 6) is -0.806. The summed E-state index contributed by atoms with van der Waals surface area (Å²) < 4.78 is 33.3. The highest BCUT2D eigenvalue weighted by atomic mass is 33.1. The van der Waals surface area contributed by atoms with Crippen molar-refractivity contribution in [2.75, 3.05) is 19.4 Å². The molecule has 3 N–H and O–H groups in total. The Morgan fingerprint density at radius 2 is 1.90 bits per heavy atom. The molecular formula is C27H38N4O7S3. The van der Waals surface area contributed by atoms with Gasteiger partial charge in [-0.3, -0.25) is 9.59 Å². The third-order valence-electron chi connectivity index (χ3n) is 6.51. The Kier molecular flexibility index (Phi) is 10.8. The molecule has 3 rings (SSSR count). The van der Waals surface area contributed by atoms with Gasteiger partial charge in [0.15, 0.2) is 8.87 Å². The molecule has 1 aliphatic rings. The quantitative estimate of drug-likeness (QED) is 0.296. The van der Waals surface area contributed by atoms with E-state index < -0.39 is 49.8 Å². The largest absolute Gasteiger partial charge is 0.508 e. The van der Waals surface area contributed by atoms with E-state index in [9.17, 15) is 22.8 Å². The second kappa shape index (κ2) is 13.5. The zero-order chi connectivity index (χ0) is 30.5. The Balaban J connectivity index is 1.65. The summed E-state index contributed by atoms with van der Waals surface area (Å²) >= 11 is 1.56. The minimum absolute atomic E-state index is 0.0215. The fourth-order valence-corrected chi connectivity index (χ4v) is 7.75. The lowest BCUT2D eigenvalue weighted by Gasteiger charge is -2.32. The summed E-state index contributed by atoms with van der Waals surface area (Å²) in [6.45, 7) is 9.11. The molecule has 0 bridgehead atoms. The van der Waals surface area contributed by atoms with Crippen molar-refractivity contribution in [2.24, 2.45) is 11.1 Å². The molecule has 14 heteroatoms. The minimum atomic E-state index is -3.31. The highest BCUT2D eigenvalue weighted by Crippen LogP contribution is 2.28. The molecule has 0 spiro atoms. The van der Waals surface area contributed by atoms with Gasteiger partial charge in [-0.15, -0.1) is 11.3 Å². The van der Waals surface area contributed by atoms with Crippen molar-refractivity contribution < 1.29 is 32.3 Å². The average Bonchev–Trinajstić information content (AvgIpc) is 3.50. The Morgan fingerprint density at radius 3 is 2.46 bits per heavy atom. The van der Waals surface area contributed by atoms with E-state index in [0.717, 1.165) is 28.0 Å². The highest BCUT2D eigenvalue weighted by Gasteiger charge is 2.44. The van der Waals surface area contributed by atoms with Gasteiger partial charge in [-0.25, -0.2) is 18.2 Å². The monoisotopic (exact) mass is 626 g/mol. The van der Waals surface area contributed by atoms with Crippen LogP contribution in [0.1, 0.15) is 45.4 Å².